The van der Waals surface area contributed by atoms with Gasteiger partial charge >= 0.3 is 11.9 Å². The first-order valence-electron chi connectivity index (χ1n) is 13.6. The zero-order valence-corrected chi connectivity index (χ0v) is 28.0. The summed E-state index contributed by atoms with van der Waals surface area (Å²) in [6, 6.07) is 22.6. The number of carbonyl (C=O) groups excluding carboxylic acids is 4. The van der Waals surface area contributed by atoms with Gasteiger partial charge in [0.05, 0.1) is 37.8 Å². The second-order valence-electron chi connectivity index (χ2n) is 9.36. The molecule has 0 saturated carbocycles. The van der Waals surface area contributed by atoms with Gasteiger partial charge in [-0.05, 0) is 84.9 Å². The summed E-state index contributed by atoms with van der Waals surface area (Å²) in [4.78, 5) is 49.9. The summed E-state index contributed by atoms with van der Waals surface area (Å²) in [6.07, 6.45) is 1.96. The van der Waals surface area contributed by atoms with Gasteiger partial charge in [0.15, 0.2) is 0 Å². The lowest BCUT2D eigenvalue weighted by molar-refractivity contribution is -0.129. The first kappa shape index (κ1) is 34.5. The van der Waals surface area contributed by atoms with E-state index in [1.807, 2.05) is 0 Å². The molecule has 4 aromatic carbocycles. The fraction of sp³-hybridized carbons (Fsp3) is 0.0909. The molecule has 0 aliphatic carbocycles. The molecule has 12 nitrogen and oxygen atoms in total. The number of rotatable bonds is 12. The summed E-state index contributed by atoms with van der Waals surface area (Å²) in [5.41, 5.74) is 5.89. The van der Waals surface area contributed by atoms with Crippen LogP contribution < -0.4 is 29.8 Å². The van der Waals surface area contributed by atoms with E-state index in [2.05, 4.69) is 52.9 Å². The van der Waals surface area contributed by atoms with E-state index in [4.69, 9.17) is 18.9 Å². The van der Waals surface area contributed by atoms with Crippen LogP contribution in [0.1, 0.15) is 38.3 Å². The molecule has 14 heteroatoms. The third kappa shape index (κ3) is 10.3. The molecule has 0 radical (unpaired) electrons. The number of esters is 2. The van der Waals surface area contributed by atoms with Crippen LogP contribution in [0.25, 0.3) is 0 Å². The van der Waals surface area contributed by atoms with Gasteiger partial charge in [0.1, 0.15) is 29.4 Å². The quantitative estimate of drug-likeness (QED) is 0.0617. The molecule has 0 bridgehead atoms. The molecule has 0 heterocycles. The number of nitrogens with one attached hydrogen (secondary N) is 2. The molecule has 47 heavy (non-hydrogen) atoms. The Balaban J connectivity index is 1.31. The fourth-order valence-electron chi connectivity index (χ4n) is 3.77. The first-order valence-corrected chi connectivity index (χ1v) is 15.2. The Morgan fingerprint density at radius 2 is 1.00 bits per heavy atom. The molecule has 0 aromatic heterocycles. The molecule has 0 aliphatic heterocycles. The zero-order chi connectivity index (χ0) is 33.8. The zero-order valence-electron chi connectivity index (χ0n) is 24.9. The fourth-order valence-corrected chi connectivity index (χ4v) is 4.53. The van der Waals surface area contributed by atoms with Crippen LogP contribution in [0.2, 0.25) is 0 Å². The lowest BCUT2D eigenvalue weighted by atomic mass is 10.2. The summed E-state index contributed by atoms with van der Waals surface area (Å²) in [7, 11) is 3.04. The Labute approximate surface area is 286 Å². The minimum absolute atomic E-state index is 0.195. The van der Waals surface area contributed by atoms with Gasteiger partial charge in [0, 0.05) is 20.1 Å². The van der Waals surface area contributed by atoms with Gasteiger partial charge in [-0.25, -0.2) is 20.4 Å². The predicted molar refractivity (Wildman–Crippen MR) is 180 cm³/mol. The van der Waals surface area contributed by atoms with E-state index >= 15 is 0 Å². The largest absolute Gasteiger partial charge is 0.497 e. The number of ether oxygens (including phenoxy) is 4. The van der Waals surface area contributed by atoms with E-state index in [0.717, 1.165) is 0 Å². The van der Waals surface area contributed by atoms with Crippen molar-refractivity contribution in [3.05, 3.63) is 116 Å². The van der Waals surface area contributed by atoms with Crippen LogP contribution in [-0.2, 0) is 9.59 Å². The number of nitrogens with zero attached hydrogens (tertiary/aromatic N) is 2. The molecule has 0 spiro atoms. The Morgan fingerprint density at radius 1 is 0.617 bits per heavy atom. The van der Waals surface area contributed by atoms with Crippen molar-refractivity contribution in [3.8, 4) is 23.0 Å². The van der Waals surface area contributed by atoms with Crippen LogP contribution in [0.5, 0.6) is 23.0 Å². The highest BCUT2D eigenvalue weighted by atomic mass is 79.9. The summed E-state index contributed by atoms with van der Waals surface area (Å²) in [5, 5.41) is 7.76. The lowest BCUT2D eigenvalue weighted by Gasteiger charge is -2.09. The molecule has 2 amide bonds. The summed E-state index contributed by atoms with van der Waals surface area (Å²) < 4.78 is 22.6. The Hall–Kier alpha value is -5.34. The van der Waals surface area contributed by atoms with Crippen LogP contribution in [0, 0.1) is 0 Å². The molecular weight excluding hydrogens is 740 g/mol. The molecule has 0 saturated heterocycles. The van der Waals surface area contributed by atoms with E-state index in [1.165, 1.54) is 26.6 Å². The van der Waals surface area contributed by atoms with Crippen molar-refractivity contribution >= 4 is 68.0 Å². The van der Waals surface area contributed by atoms with Crippen molar-refractivity contribution in [3.63, 3.8) is 0 Å². The highest BCUT2D eigenvalue weighted by Gasteiger charge is 2.14. The average molecular weight is 766 g/mol. The van der Waals surface area contributed by atoms with Crippen molar-refractivity contribution in [2.45, 2.75) is 6.42 Å². The maximum Gasteiger partial charge on any atom is 0.343 e. The molecule has 0 aliphatic rings. The summed E-state index contributed by atoms with van der Waals surface area (Å²) in [5.74, 6) is -1.07. The number of hydrogen-bond donors (Lipinski definition) is 2. The maximum absolute atomic E-state index is 12.6. The topological polar surface area (TPSA) is 154 Å². The number of hydrogen-bond acceptors (Lipinski definition) is 10. The van der Waals surface area contributed by atoms with E-state index in [0.29, 0.717) is 42.7 Å². The molecule has 4 aromatic rings. The van der Waals surface area contributed by atoms with Crippen molar-refractivity contribution in [1.29, 1.82) is 0 Å². The second kappa shape index (κ2) is 16.8. The van der Waals surface area contributed by atoms with Gasteiger partial charge in [0.2, 0.25) is 11.8 Å². The smallest absolute Gasteiger partial charge is 0.343 e. The third-order valence-corrected chi connectivity index (χ3v) is 7.09. The van der Waals surface area contributed by atoms with E-state index in [1.54, 1.807) is 84.9 Å². The van der Waals surface area contributed by atoms with Crippen molar-refractivity contribution in [2.75, 3.05) is 14.2 Å². The Morgan fingerprint density at radius 3 is 1.36 bits per heavy atom. The van der Waals surface area contributed by atoms with Gasteiger partial charge in [-0.2, -0.15) is 10.2 Å². The highest BCUT2D eigenvalue weighted by Crippen LogP contribution is 2.25. The van der Waals surface area contributed by atoms with Crippen LogP contribution in [0.3, 0.4) is 0 Å². The van der Waals surface area contributed by atoms with Crippen molar-refractivity contribution in [2.24, 2.45) is 10.2 Å². The summed E-state index contributed by atoms with van der Waals surface area (Å²) >= 11 is 6.70. The van der Waals surface area contributed by atoms with Crippen molar-refractivity contribution < 1.29 is 38.1 Å². The molecular formula is C33H26Br2N4O8. The van der Waals surface area contributed by atoms with Crippen LogP contribution in [0.4, 0.5) is 0 Å². The predicted octanol–water partition coefficient (Wildman–Crippen LogP) is 5.66. The molecule has 0 unspecified atom stereocenters. The average Bonchev–Trinajstić information content (AvgIpc) is 3.07. The Kier molecular flexibility index (Phi) is 12.4. The minimum atomic E-state index is -0.725. The maximum atomic E-state index is 12.6. The number of halogens is 2. The van der Waals surface area contributed by atoms with Gasteiger partial charge in [-0.15, -0.1) is 0 Å². The number of carbonyl (C=O) groups is 4. The first-order chi connectivity index (χ1) is 22.6. The van der Waals surface area contributed by atoms with Gasteiger partial charge < -0.3 is 18.9 Å². The third-order valence-electron chi connectivity index (χ3n) is 6.11. The van der Waals surface area contributed by atoms with Crippen LogP contribution in [-0.4, -0.2) is 50.4 Å². The monoisotopic (exact) mass is 764 g/mol. The standard InChI is InChI=1S/C33H26Br2N4O8/c1-44-26-9-3-20(4-10-26)32(42)46-28-13-7-24(34)15-22(28)18-36-38-30(40)17-31(41)39-37-19-23-16-25(35)8-14-29(23)47-33(43)21-5-11-27(45-2)12-6-21/h3-16,18-19H,17H2,1-2H3,(H,38,40)(H,39,41)/b36-18+,37-19?. The van der Waals surface area contributed by atoms with Crippen molar-refractivity contribution in [1.82, 2.24) is 10.9 Å². The normalized spacial score (nSPS) is 10.8. The highest BCUT2D eigenvalue weighted by molar-refractivity contribution is 9.10. The van der Waals surface area contributed by atoms with Gasteiger partial charge in [-0.3, -0.25) is 9.59 Å². The molecule has 0 fully saturated rings. The second-order valence-corrected chi connectivity index (χ2v) is 11.2. The molecule has 0 atom stereocenters. The van der Waals surface area contributed by atoms with Gasteiger partial charge in [0.25, 0.3) is 0 Å². The number of hydrazone groups is 2. The Bertz CT molecular complexity index is 1690. The van der Waals surface area contributed by atoms with Crippen LogP contribution >= 0.6 is 31.9 Å². The molecule has 240 valence electrons. The molecule has 4 rings (SSSR count). The van der Waals surface area contributed by atoms with E-state index in [-0.39, 0.29) is 11.5 Å². The van der Waals surface area contributed by atoms with Gasteiger partial charge in [-0.1, -0.05) is 31.9 Å². The summed E-state index contributed by atoms with van der Waals surface area (Å²) in [6.45, 7) is 0. The van der Waals surface area contributed by atoms with E-state index in [9.17, 15) is 19.2 Å². The minimum Gasteiger partial charge on any atom is -0.497 e. The number of methoxy groups -OCH3 is 2. The number of amides is 2. The van der Waals surface area contributed by atoms with E-state index < -0.39 is 30.2 Å². The lowest BCUT2D eigenvalue weighted by Crippen LogP contribution is -2.27. The SMILES string of the molecule is COc1ccc(C(=O)Oc2ccc(Br)cc2C=NNC(=O)CC(=O)N/N=C/c2cc(Br)ccc2OC(=O)c2ccc(OC)cc2)cc1. The van der Waals surface area contributed by atoms with Crippen LogP contribution in [0.15, 0.2) is 104 Å². The molecule has 2 N–H and O–H groups in total. The number of benzene rings is 4.